The van der Waals surface area contributed by atoms with Gasteiger partial charge in [-0.3, -0.25) is 9.59 Å². The fraction of sp³-hybridized carbons (Fsp3) is 0.750. The standard InChI is InChI=1S/C8H14NO3/c1-2-3-7(8(11)12)4-5-9-6-10/h7H,2-5H2,1H3,(H,9,10)(H,11,12). The Hall–Kier alpha value is -1.06. The highest BCUT2D eigenvalue weighted by Crippen LogP contribution is 2.10. The first-order valence-electron chi connectivity index (χ1n) is 4.05. The first-order chi connectivity index (χ1) is 5.72. The summed E-state index contributed by atoms with van der Waals surface area (Å²) in [4.78, 5) is 20.3. The third-order valence-corrected chi connectivity index (χ3v) is 1.68. The normalized spacial score (nSPS) is 12.1. The second-order valence-corrected chi connectivity index (χ2v) is 2.64. The zero-order chi connectivity index (χ0) is 9.40. The minimum Gasteiger partial charge on any atom is -0.481 e. The summed E-state index contributed by atoms with van der Waals surface area (Å²) in [6.07, 6.45) is 3.51. The van der Waals surface area contributed by atoms with E-state index in [1.54, 1.807) is 0 Å². The molecule has 0 aromatic heterocycles. The Balaban J connectivity index is 3.63. The maximum absolute atomic E-state index is 10.6. The highest BCUT2D eigenvalue weighted by molar-refractivity contribution is 5.69. The van der Waals surface area contributed by atoms with Crippen molar-refractivity contribution in [3.8, 4) is 0 Å². The quantitative estimate of drug-likeness (QED) is 0.435. The summed E-state index contributed by atoms with van der Waals surface area (Å²) >= 11 is 0. The van der Waals surface area contributed by atoms with E-state index in [0.717, 1.165) is 6.42 Å². The van der Waals surface area contributed by atoms with Crippen LogP contribution in [0.25, 0.3) is 0 Å². The molecule has 0 bridgehead atoms. The van der Waals surface area contributed by atoms with E-state index in [1.165, 1.54) is 6.41 Å². The molecule has 0 spiro atoms. The van der Waals surface area contributed by atoms with Crippen molar-refractivity contribution in [1.82, 2.24) is 5.32 Å². The summed E-state index contributed by atoms with van der Waals surface area (Å²) in [5, 5.41) is 11.0. The Morgan fingerprint density at radius 2 is 2.25 bits per heavy atom. The van der Waals surface area contributed by atoms with Crippen LogP contribution >= 0.6 is 0 Å². The predicted octanol–water partition coefficient (Wildman–Crippen LogP) is 0.534. The summed E-state index contributed by atoms with van der Waals surface area (Å²) in [5.41, 5.74) is 0. The molecular weight excluding hydrogens is 158 g/mol. The Morgan fingerprint density at radius 3 is 2.67 bits per heavy atom. The van der Waals surface area contributed by atoms with Gasteiger partial charge in [0.15, 0.2) is 0 Å². The van der Waals surface area contributed by atoms with Gasteiger partial charge in [-0.15, -0.1) is 0 Å². The molecule has 0 saturated heterocycles. The van der Waals surface area contributed by atoms with Gasteiger partial charge in [0, 0.05) is 6.54 Å². The van der Waals surface area contributed by atoms with E-state index in [0.29, 0.717) is 19.4 Å². The van der Waals surface area contributed by atoms with Gasteiger partial charge in [-0.05, 0) is 12.8 Å². The average Bonchev–Trinajstić information content (AvgIpc) is 2.03. The second kappa shape index (κ2) is 6.64. The number of hydrogen-bond acceptors (Lipinski definition) is 2. The zero-order valence-corrected chi connectivity index (χ0v) is 7.17. The van der Waals surface area contributed by atoms with Gasteiger partial charge < -0.3 is 10.4 Å². The highest BCUT2D eigenvalue weighted by Gasteiger charge is 2.14. The van der Waals surface area contributed by atoms with Crippen LogP contribution in [-0.4, -0.2) is 24.0 Å². The van der Waals surface area contributed by atoms with E-state index in [1.807, 2.05) is 6.92 Å². The molecule has 0 fully saturated rings. The molecule has 69 valence electrons. The van der Waals surface area contributed by atoms with E-state index >= 15 is 0 Å². The lowest BCUT2D eigenvalue weighted by Gasteiger charge is -2.09. The number of carbonyl (C=O) groups excluding carboxylic acids is 1. The van der Waals surface area contributed by atoms with E-state index in [4.69, 9.17) is 5.11 Å². The summed E-state index contributed by atoms with van der Waals surface area (Å²) in [7, 11) is 0. The molecule has 2 N–H and O–H groups in total. The third kappa shape index (κ3) is 4.71. The van der Waals surface area contributed by atoms with Crippen molar-refractivity contribution in [2.75, 3.05) is 6.54 Å². The topological polar surface area (TPSA) is 66.4 Å². The number of carbonyl (C=O) groups is 1. The first kappa shape index (κ1) is 10.9. The van der Waals surface area contributed by atoms with Crippen molar-refractivity contribution < 1.29 is 14.7 Å². The van der Waals surface area contributed by atoms with Gasteiger partial charge in [-0.25, -0.2) is 0 Å². The minimum atomic E-state index is -0.787. The third-order valence-electron chi connectivity index (χ3n) is 1.68. The first-order valence-corrected chi connectivity index (χ1v) is 4.05. The lowest BCUT2D eigenvalue weighted by atomic mass is 10.0. The van der Waals surface area contributed by atoms with Gasteiger partial charge in [0.2, 0.25) is 0 Å². The van der Waals surface area contributed by atoms with Crippen molar-refractivity contribution in [2.24, 2.45) is 5.92 Å². The zero-order valence-electron chi connectivity index (χ0n) is 7.17. The van der Waals surface area contributed by atoms with Crippen LogP contribution in [0.4, 0.5) is 0 Å². The van der Waals surface area contributed by atoms with E-state index in [2.05, 4.69) is 5.32 Å². The Kier molecular flexibility index (Phi) is 6.05. The van der Waals surface area contributed by atoms with Crippen LogP contribution in [0.3, 0.4) is 0 Å². The number of amides is 1. The van der Waals surface area contributed by atoms with Crippen molar-refractivity contribution in [3.63, 3.8) is 0 Å². The average molecular weight is 172 g/mol. The van der Waals surface area contributed by atoms with Gasteiger partial charge in [0.05, 0.1) is 5.92 Å². The molecule has 0 aliphatic heterocycles. The lowest BCUT2D eigenvalue weighted by molar-refractivity contribution is -0.142. The van der Waals surface area contributed by atoms with Crippen molar-refractivity contribution in [2.45, 2.75) is 26.2 Å². The maximum atomic E-state index is 10.6. The molecule has 0 aliphatic rings. The smallest absolute Gasteiger partial charge is 0.309 e. The largest absolute Gasteiger partial charge is 0.481 e. The van der Waals surface area contributed by atoms with Crippen LogP contribution in [0.2, 0.25) is 0 Å². The monoisotopic (exact) mass is 172 g/mol. The van der Waals surface area contributed by atoms with E-state index in [9.17, 15) is 9.59 Å². The molecule has 1 unspecified atom stereocenters. The molecule has 0 heterocycles. The molecule has 1 amide bonds. The van der Waals surface area contributed by atoms with Gasteiger partial charge >= 0.3 is 12.4 Å². The molecule has 4 nitrogen and oxygen atoms in total. The molecule has 0 aromatic rings. The number of hydrogen-bond donors (Lipinski definition) is 2. The lowest BCUT2D eigenvalue weighted by Crippen LogP contribution is -2.21. The van der Waals surface area contributed by atoms with Crippen molar-refractivity contribution in [1.29, 1.82) is 0 Å². The maximum Gasteiger partial charge on any atom is 0.309 e. The van der Waals surface area contributed by atoms with Crippen molar-refractivity contribution >= 4 is 12.4 Å². The molecule has 4 heteroatoms. The second-order valence-electron chi connectivity index (χ2n) is 2.64. The van der Waals surface area contributed by atoms with Gasteiger partial charge in [0.1, 0.15) is 0 Å². The summed E-state index contributed by atoms with van der Waals surface area (Å²) in [6.45, 7) is 2.33. The minimum absolute atomic E-state index is 0.337. The molecular formula is C8H14NO3. The van der Waals surface area contributed by atoms with E-state index in [-0.39, 0.29) is 5.92 Å². The van der Waals surface area contributed by atoms with Crippen LogP contribution in [0.15, 0.2) is 0 Å². The molecule has 0 saturated carbocycles. The van der Waals surface area contributed by atoms with E-state index < -0.39 is 5.97 Å². The molecule has 0 aliphatic carbocycles. The van der Waals surface area contributed by atoms with Crippen LogP contribution in [0, 0.1) is 5.92 Å². The van der Waals surface area contributed by atoms with Gasteiger partial charge in [-0.2, -0.15) is 0 Å². The highest BCUT2D eigenvalue weighted by atomic mass is 16.4. The number of carboxylic acid groups (broad SMARTS) is 1. The number of nitrogens with one attached hydrogen (secondary N) is 1. The molecule has 1 atom stereocenters. The number of carboxylic acids is 1. The van der Waals surface area contributed by atoms with Gasteiger partial charge in [-0.1, -0.05) is 13.3 Å². The number of aliphatic carboxylic acids is 1. The molecule has 0 aromatic carbocycles. The summed E-state index contributed by atoms with van der Waals surface area (Å²) < 4.78 is 0. The molecule has 0 rings (SSSR count). The molecule has 1 radical (unpaired) electrons. The number of rotatable bonds is 7. The Labute approximate surface area is 72.0 Å². The Bertz CT molecular complexity index is 147. The summed E-state index contributed by atoms with van der Waals surface area (Å²) in [5.74, 6) is -1.12. The van der Waals surface area contributed by atoms with Crippen molar-refractivity contribution in [3.05, 3.63) is 0 Å². The predicted molar refractivity (Wildman–Crippen MR) is 44.3 cm³/mol. The van der Waals surface area contributed by atoms with Crippen LogP contribution in [0.1, 0.15) is 26.2 Å². The SMILES string of the molecule is CCCC(CCN[C]=O)C(=O)O. The molecule has 12 heavy (non-hydrogen) atoms. The fourth-order valence-corrected chi connectivity index (χ4v) is 1.04. The van der Waals surface area contributed by atoms with Crippen LogP contribution in [-0.2, 0) is 9.59 Å². The van der Waals surface area contributed by atoms with Crippen LogP contribution in [0.5, 0.6) is 0 Å². The Morgan fingerprint density at radius 1 is 1.58 bits per heavy atom. The van der Waals surface area contributed by atoms with Crippen LogP contribution < -0.4 is 5.32 Å². The summed E-state index contributed by atoms with van der Waals surface area (Å²) in [6, 6.07) is 0. The fourth-order valence-electron chi connectivity index (χ4n) is 1.04. The van der Waals surface area contributed by atoms with Gasteiger partial charge in [0.25, 0.3) is 0 Å².